The molecule has 0 saturated carbocycles. The van der Waals surface area contributed by atoms with Gasteiger partial charge in [-0.3, -0.25) is 0 Å². The highest BCUT2D eigenvalue weighted by atomic mass is 15.3. The topological polar surface area (TPSA) is 54.2 Å². The van der Waals surface area contributed by atoms with E-state index in [1.54, 1.807) is 6.20 Å². The van der Waals surface area contributed by atoms with Gasteiger partial charge in [0.15, 0.2) is 0 Å². The fourth-order valence-electron chi connectivity index (χ4n) is 2.26. The van der Waals surface area contributed by atoms with Crippen LogP contribution in [-0.2, 0) is 0 Å². The summed E-state index contributed by atoms with van der Waals surface area (Å²) in [4.78, 5) is 6.53. The highest BCUT2D eigenvalue weighted by Crippen LogP contribution is 2.28. The van der Waals surface area contributed by atoms with Crippen LogP contribution in [0.3, 0.4) is 0 Å². The number of hydrogen-bond acceptors (Lipinski definition) is 4. The van der Waals surface area contributed by atoms with Crippen LogP contribution in [0.15, 0.2) is 18.3 Å². The number of nitrogen functional groups attached to an aromatic ring is 1. The number of nitrogens with zero attached hydrogens (tertiary/aromatic N) is 2. The monoisotopic (exact) mass is 220 g/mol. The third kappa shape index (κ3) is 2.27. The maximum absolute atomic E-state index is 5.36. The van der Waals surface area contributed by atoms with Crippen molar-refractivity contribution >= 4 is 11.5 Å². The van der Waals surface area contributed by atoms with Gasteiger partial charge in [-0.1, -0.05) is 13.8 Å². The predicted octanol–water partition coefficient (Wildman–Crippen LogP) is 1.85. The van der Waals surface area contributed by atoms with E-state index in [0.29, 0.717) is 0 Å². The smallest absolute Gasteiger partial charge is 0.141 e. The van der Waals surface area contributed by atoms with Gasteiger partial charge in [0.2, 0.25) is 0 Å². The lowest BCUT2D eigenvalue weighted by molar-refractivity contribution is 0.423. The van der Waals surface area contributed by atoms with E-state index < -0.39 is 0 Å². The largest absolute Gasteiger partial charge is 0.371 e. The summed E-state index contributed by atoms with van der Waals surface area (Å²) in [6, 6.07) is 4.05. The maximum Gasteiger partial charge on any atom is 0.141 e. The number of hydrazine groups is 1. The molecule has 1 aromatic heterocycles. The molecule has 1 aliphatic heterocycles. The van der Waals surface area contributed by atoms with Crippen molar-refractivity contribution < 1.29 is 0 Å². The number of nitrogens with two attached hydrogens (primary N) is 1. The van der Waals surface area contributed by atoms with E-state index in [2.05, 4.69) is 29.2 Å². The first-order valence-electron chi connectivity index (χ1n) is 5.88. The minimum Gasteiger partial charge on any atom is -0.371 e. The number of pyridine rings is 1. The van der Waals surface area contributed by atoms with E-state index in [1.807, 2.05) is 12.1 Å². The molecule has 0 amide bonds. The Bertz CT molecular complexity index is 351. The standard InChI is InChI=1S/C12H20N4/c1-9(2)10-4-6-16(8-10)11-3-5-14-12(7-11)15-13/h3,5,7,9-10H,4,6,8,13H2,1-2H3,(H,14,15). The van der Waals surface area contributed by atoms with Crippen LogP contribution in [0.5, 0.6) is 0 Å². The van der Waals surface area contributed by atoms with Crippen LogP contribution in [0, 0.1) is 11.8 Å². The molecule has 2 heterocycles. The van der Waals surface area contributed by atoms with Crippen molar-refractivity contribution in [2.24, 2.45) is 17.7 Å². The van der Waals surface area contributed by atoms with Crippen LogP contribution in [0.25, 0.3) is 0 Å². The Morgan fingerprint density at radius 3 is 3.00 bits per heavy atom. The van der Waals surface area contributed by atoms with Crippen molar-refractivity contribution in [1.82, 2.24) is 4.98 Å². The molecule has 3 N–H and O–H groups in total. The van der Waals surface area contributed by atoms with Gasteiger partial charge in [0.05, 0.1) is 0 Å². The molecular formula is C12H20N4. The Kier molecular flexibility index (Phi) is 3.29. The second-order valence-corrected chi connectivity index (χ2v) is 4.78. The number of aromatic nitrogens is 1. The average molecular weight is 220 g/mol. The lowest BCUT2D eigenvalue weighted by Crippen LogP contribution is -2.21. The van der Waals surface area contributed by atoms with Crippen molar-refractivity contribution in [2.45, 2.75) is 20.3 Å². The summed E-state index contributed by atoms with van der Waals surface area (Å²) in [7, 11) is 0. The summed E-state index contributed by atoms with van der Waals surface area (Å²) < 4.78 is 0. The second kappa shape index (κ2) is 4.70. The third-order valence-electron chi connectivity index (χ3n) is 3.42. The molecular weight excluding hydrogens is 200 g/mol. The molecule has 4 heteroatoms. The van der Waals surface area contributed by atoms with E-state index in [9.17, 15) is 0 Å². The maximum atomic E-state index is 5.36. The summed E-state index contributed by atoms with van der Waals surface area (Å²) in [5.41, 5.74) is 3.80. The van der Waals surface area contributed by atoms with Crippen molar-refractivity contribution in [3.63, 3.8) is 0 Å². The van der Waals surface area contributed by atoms with Crippen molar-refractivity contribution in [3.05, 3.63) is 18.3 Å². The SMILES string of the molecule is CC(C)C1CCN(c2ccnc(NN)c2)C1. The zero-order chi connectivity index (χ0) is 11.5. The molecule has 1 aromatic rings. The summed E-state index contributed by atoms with van der Waals surface area (Å²) >= 11 is 0. The first-order chi connectivity index (χ1) is 7.70. The zero-order valence-corrected chi connectivity index (χ0v) is 9.98. The van der Waals surface area contributed by atoms with Gasteiger partial charge in [-0.2, -0.15) is 0 Å². The molecule has 1 atom stereocenters. The second-order valence-electron chi connectivity index (χ2n) is 4.78. The van der Waals surface area contributed by atoms with Crippen LogP contribution in [0.2, 0.25) is 0 Å². The van der Waals surface area contributed by atoms with Gasteiger partial charge in [-0.15, -0.1) is 0 Å². The molecule has 2 rings (SSSR count). The van der Waals surface area contributed by atoms with Crippen LogP contribution in [0.4, 0.5) is 11.5 Å². The van der Waals surface area contributed by atoms with Gasteiger partial charge in [0.1, 0.15) is 5.82 Å². The fraction of sp³-hybridized carbons (Fsp3) is 0.583. The van der Waals surface area contributed by atoms with Gasteiger partial charge >= 0.3 is 0 Å². The summed E-state index contributed by atoms with van der Waals surface area (Å²) in [6.07, 6.45) is 3.08. The molecule has 1 saturated heterocycles. The van der Waals surface area contributed by atoms with Crippen LogP contribution in [-0.4, -0.2) is 18.1 Å². The Balaban J connectivity index is 2.08. The molecule has 0 radical (unpaired) electrons. The molecule has 1 unspecified atom stereocenters. The van der Waals surface area contributed by atoms with Crippen molar-refractivity contribution in [2.75, 3.05) is 23.4 Å². The van der Waals surface area contributed by atoms with E-state index in [-0.39, 0.29) is 0 Å². The minimum absolute atomic E-state index is 0.727. The van der Waals surface area contributed by atoms with E-state index >= 15 is 0 Å². The number of hydrogen-bond donors (Lipinski definition) is 2. The molecule has 1 fully saturated rings. The quantitative estimate of drug-likeness (QED) is 0.603. The van der Waals surface area contributed by atoms with Crippen LogP contribution in [0.1, 0.15) is 20.3 Å². The van der Waals surface area contributed by atoms with Gasteiger partial charge < -0.3 is 10.3 Å². The molecule has 0 aromatic carbocycles. The van der Waals surface area contributed by atoms with Gasteiger partial charge in [-0.05, 0) is 24.3 Å². The van der Waals surface area contributed by atoms with E-state index in [0.717, 1.165) is 30.7 Å². The first kappa shape index (κ1) is 11.2. The third-order valence-corrected chi connectivity index (χ3v) is 3.42. The molecule has 4 nitrogen and oxygen atoms in total. The van der Waals surface area contributed by atoms with Gasteiger partial charge in [-0.25, -0.2) is 10.8 Å². The van der Waals surface area contributed by atoms with Crippen LogP contribution >= 0.6 is 0 Å². The molecule has 16 heavy (non-hydrogen) atoms. The number of anilines is 2. The molecule has 1 aliphatic rings. The van der Waals surface area contributed by atoms with E-state index in [1.165, 1.54) is 12.1 Å². The van der Waals surface area contributed by atoms with Crippen molar-refractivity contribution in [3.8, 4) is 0 Å². The predicted molar refractivity (Wildman–Crippen MR) is 67.2 cm³/mol. The summed E-state index contributed by atoms with van der Waals surface area (Å²) in [5, 5.41) is 0. The Morgan fingerprint density at radius 1 is 1.56 bits per heavy atom. The lowest BCUT2D eigenvalue weighted by Gasteiger charge is -2.20. The van der Waals surface area contributed by atoms with Crippen molar-refractivity contribution in [1.29, 1.82) is 0 Å². The Labute approximate surface area is 96.8 Å². The molecule has 0 bridgehead atoms. The van der Waals surface area contributed by atoms with Gasteiger partial charge in [0.25, 0.3) is 0 Å². The first-order valence-corrected chi connectivity index (χ1v) is 5.88. The lowest BCUT2D eigenvalue weighted by atomic mass is 9.95. The van der Waals surface area contributed by atoms with E-state index in [4.69, 9.17) is 5.84 Å². The zero-order valence-electron chi connectivity index (χ0n) is 9.98. The number of rotatable bonds is 3. The molecule has 88 valence electrons. The number of nitrogens with one attached hydrogen (secondary N) is 1. The highest BCUT2D eigenvalue weighted by Gasteiger charge is 2.24. The minimum atomic E-state index is 0.727. The van der Waals surface area contributed by atoms with Gasteiger partial charge in [0, 0.05) is 31.0 Å². The normalized spacial score (nSPS) is 20.5. The Hall–Kier alpha value is -1.29. The summed E-state index contributed by atoms with van der Waals surface area (Å²) in [6.45, 7) is 6.88. The molecule has 0 aliphatic carbocycles. The molecule has 0 spiro atoms. The van der Waals surface area contributed by atoms with Crippen LogP contribution < -0.4 is 16.2 Å². The highest BCUT2D eigenvalue weighted by molar-refractivity contribution is 5.54. The fourth-order valence-corrected chi connectivity index (χ4v) is 2.26. The average Bonchev–Trinajstić information content (AvgIpc) is 2.78. The Morgan fingerprint density at radius 2 is 2.38 bits per heavy atom. The summed E-state index contributed by atoms with van der Waals surface area (Å²) in [5.74, 6) is 7.66.